The van der Waals surface area contributed by atoms with Crippen LogP contribution in [0, 0.1) is 0 Å². The summed E-state index contributed by atoms with van der Waals surface area (Å²) in [6.45, 7) is 0.177. The van der Waals surface area contributed by atoms with Crippen LogP contribution in [0.5, 0.6) is 11.5 Å². The predicted molar refractivity (Wildman–Crippen MR) is 148 cm³/mol. The van der Waals surface area contributed by atoms with Gasteiger partial charge >= 0.3 is 5.97 Å². The summed E-state index contributed by atoms with van der Waals surface area (Å²) >= 11 is 0. The lowest BCUT2D eigenvalue weighted by molar-refractivity contribution is 0.0473. The van der Waals surface area contributed by atoms with Gasteiger partial charge in [-0.25, -0.2) is 4.79 Å². The van der Waals surface area contributed by atoms with E-state index in [0.717, 1.165) is 16.9 Å². The van der Waals surface area contributed by atoms with Crippen LogP contribution in [-0.2, 0) is 17.8 Å². The molecule has 4 heteroatoms. The average molecular weight is 499 g/mol. The van der Waals surface area contributed by atoms with Crippen LogP contribution in [0.1, 0.15) is 31.8 Å². The Morgan fingerprint density at radius 3 is 1.82 bits per heavy atom. The smallest absolute Gasteiger partial charge is 0.339 e. The van der Waals surface area contributed by atoms with Gasteiger partial charge in [0.05, 0.1) is 5.56 Å². The molecule has 0 saturated heterocycles. The van der Waals surface area contributed by atoms with Gasteiger partial charge in [0, 0.05) is 12.0 Å². The number of para-hydroxylation sites is 1. The quantitative estimate of drug-likeness (QED) is 0.153. The fourth-order valence-corrected chi connectivity index (χ4v) is 4.28. The minimum atomic E-state index is -0.433. The highest BCUT2D eigenvalue weighted by Crippen LogP contribution is 2.29. The Morgan fingerprint density at radius 2 is 1.08 bits per heavy atom. The second-order valence-electron chi connectivity index (χ2n) is 8.82. The number of ether oxygens (including phenoxy) is 2. The van der Waals surface area contributed by atoms with Gasteiger partial charge in [0.1, 0.15) is 18.1 Å². The first-order valence-corrected chi connectivity index (χ1v) is 12.4. The highest BCUT2D eigenvalue weighted by atomic mass is 16.5. The molecule has 4 nitrogen and oxygen atoms in total. The number of Topliss-reactive ketones (excluding diaryl/α,β-unsaturated/α-hetero) is 1. The minimum absolute atomic E-state index is 0.0510. The van der Waals surface area contributed by atoms with Gasteiger partial charge in [-0.15, -0.1) is 0 Å². The van der Waals surface area contributed by atoms with Crippen molar-refractivity contribution in [1.82, 2.24) is 0 Å². The first-order valence-electron chi connectivity index (χ1n) is 12.4. The van der Waals surface area contributed by atoms with Crippen LogP contribution in [-0.4, -0.2) is 11.8 Å². The molecule has 186 valence electrons. The maximum atomic E-state index is 13.5. The molecule has 0 heterocycles. The van der Waals surface area contributed by atoms with Crippen molar-refractivity contribution in [1.29, 1.82) is 0 Å². The second-order valence-corrected chi connectivity index (χ2v) is 8.82. The molecule has 5 aromatic rings. The molecule has 0 aromatic heterocycles. The van der Waals surface area contributed by atoms with Gasteiger partial charge in [-0.1, -0.05) is 103 Å². The Kier molecular flexibility index (Phi) is 7.71. The van der Waals surface area contributed by atoms with E-state index in [1.807, 2.05) is 115 Å². The molecule has 5 aromatic carbocycles. The van der Waals surface area contributed by atoms with Crippen LogP contribution in [0.15, 0.2) is 133 Å². The summed E-state index contributed by atoms with van der Waals surface area (Å²) < 4.78 is 11.5. The molecule has 0 bridgehead atoms. The van der Waals surface area contributed by atoms with Gasteiger partial charge in [0.25, 0.3) is 0 Å². The van der Waals surface area contributed by atoms with E-state index in [0.29, 0.717) is 28.0 Å². The average Bonchev–Trinajstić information content (AvgIpc) is 2.97. The molecule has 38 heavy (non-hydrogen) atoms. The van der Waals surface area contributed by atoms with Gasteiger partial charge in [-0.05, 0) is 52.6 Å². The van der Waals surface area contributed by atoms with Crippen molar-refractivity contribution in [2.45, 2.75) is 13.0 Å². The number of hydrogen-bond donors (Lipinski definition) is 0. The van der Waals surface area contributed by atoms with Crippen molar-refractivity contribution in [2.24, 2.45) is 0 Å². The number of hydrogen-bond acceptors (Lipinski definition) is 4. The van der Waals surface area contributed by atoms with E-state index in [1.165, 1.54) is 0 Å². The van der Waals surface area contributed by atoms with E-state index >= 15 is 0 Å². The first-order chi connectivity index (χ1) is 18.7. The Labute approximate surface area is 222 Å². The maximum Gasteiger partial charge on any atom is 0.339 e. The topological polar surface area (TPSA) is 52.6 Å². The van der Waals surface area contributed by atoms with E-state index in [-0.39, 0.29) is 18.8 Å². The number of carbonyl (C=O) groups excluding carboxylic acids is 2. The zero-order chi connectivity index (χ0) is 26.2. The minimum Gasteiger partial charge on any atom is -0.457 e. The molecular weight excluding hydrogens is 472 g/mol. The van der Waals surface area contributed by atoms with Gasteiger partial charge in [-0.3, -0.25) is 4.79 Å². The molecule has 0 aliphatic rings. The van der Waals surface area contributed by atoms with E-state index in [2.05, 4.69) is 0 Å². The summed E-state index contributed by atoms with van der Waals surface area (Å²) in [6.07, 6.45) is 0.198. The van der Waals surface area contributed by atoms with Gasteiger partial charge in [0.2, 0.25) is 0 Å². The molecular formula is C34H26O4. The van der Waals surface area contributed by atoms with Crippen LogP contribution < -0.4 is 4.74 Å². The fraction of sp³-hybridized carbons (Fsp3) is 0.0588. The standard InChI is InChI=1S/C34H26O4/c35-33(23-26-14-11-17-28(22-26)38-27-15-5-2-6-16-27)31-20-9-7-18-29(31)30-19-8-10-21-32(30)34(36)37-24-25-12-3-1-4-13-25/h1-22H,23-24H2. The van der Waals surface area contributed by atoms with Crippen molar-refractivity contribution in [3.8, 4) is 22.6 Å². The summed E-state index contributed by atoms with van der Waals surface area (Å²) in [5.41, 5.74) is 4.07. The Hall–Kier alpha value is -4.96. The molecule has 0 fully saturated rings. The monoisotopic (exact) mass is 498 g/mol. The number of rotatable bonds is 9. The molecule has 5 rings (SSSR count). The number of ketones is 1. The summed E-state index contributed by atoms with van der Waals surface area (Å²) in [4.78, 5) is 26.6. The van der Waals surface area contributed by atoms with Crippen LogP contribution >= 0.6 is 0 Å². The van der Waals surface area contributed by atoms with E-state index in [1.54, 1.807) is 18.2 Å². The first kappa shape index (κ1) is 24.7. The SMILES string of the molecule is O=C(Cc1cccc(Oc2ccccc2)c1)c1ccccc1-c1ccccc1C(=O)OCc1ccccc1. The van der Waals surface area contributed by atoms with Crippen LogP contribution in [0.3, 0.4) is 0 Å². The molecule has 0 aliphatic carbocycles. The summed E-state index contributed by atoms with van der Waals surface area (Å²) in [6, 6.07) is 41.2. The van der Waals surface area contributed by atoms with Crippen molar-refractivity contribution in [3.63, 3.8) is 0 Å². The van der Waals surface area contributed by atoms with Crippen molar-refractivity contribution >= 4 is 11.8 Å². The molecule has 0 amide bonds. The van der Waals surface area contributed by atoms with E-state index in [9.17, 15) is 9.59 Å². The van der Waals surface area contributed by atoms with Gasteiger partial charge in [-0.2, -0.15) is 0 Å². The summed E-state index contributed by atoms with van der Waals surface area (Å²) in [5.74, 6) is 0.917. The third kappa shape index (κ3) is 6.05. The van der Waals surface area contributed by atoms with Crippen LogP contribution in [0.25, 0.3) is 11.1 Å². The lowest BCUT2D eigenvalue weighted by atomic mass is 9.91. The lowest BCUT2D eigenvalue weighted by Crippen LogP contribution is -2.09. The largest absolute Gasteiger partial charge is 0.457 e. The number of benzene rings is 5. The van der Waals surface area contributed by atoms with Crippen molar-refractivity contribution in [2.75, 3.05) is 0 Å². The zero-order valence-corrected chi connectivity index (χ0v) is 20.7. The second kappa shape index (κ2) is 11.8. The Morgan fingerprint density at radius 1 is 0.526 bits per heavy atom. The van der Waals surface area contributed by atoms with Crippen LogP contribution in [0.2, 0.25) is 0 Å². The van der Waals surface area contributed by atoms with Gasteiger partial charge in [0.15, 0.2) is 5.78 Å². The Bertz CT molecular complexity index is 1540. The van der Waals surface area contributed by atoms with E-state index < -0.39 is 5.97 Å². The fourth-order valence-electron chi connectivity index (χ4n) is 4.28. The normalized spacial score (nSPS) is 10.5. The van der Waals surface area contributed by atoms with E-state index in [4.69, 9.17) is 9.47 Å². The molecule has 0 atom stereocenters. The number of carbonyl (C=O) groups is 2. The third-order valence-electron chi connectivity index (χ3n) is 6.12. The van der Waals surface area contributed by atoms with Crippen molar-refractivity contribution in [3.05, 3.63) is 156 Å². The molecule has 0 N–H and O–H groups in total. The Balaban J connectivity index is 1.37. The van der Waals surface area contributed by atoms with Crippen molar-refractivity contribution < 1.29 is 19.1 Å². The third-order valence-corrected chi connectivity index (χ3v) is 6.12. The highest BCUT2D eigenvalue weighted by molar-refractivity contribution is 6.06. The molecule has 0 saturated carbocycles. The molecule has 0 unspecified atom stereocenters. The zero-order valence-electron chi connectivity index (χ0n) is 20.7. The lowest BCUT2D eigenvalue weighted by Gasteiger charge is -2.14. The maximum absolute atomic E-state index is 13.5. The molecule has 0 spiro atoms. The summed E-state index contributed by atoms with van der Waals surface area (Å²) in [7, 11) is 0. The summed E-state index contributed by atoms with van der Waals surface area (Å²) in [5, 5.41) is 0. The predicted octanol–water partition coefficient (Wildman–Crippen LogP) is 7.93. The molecule has 0 aliphatic heterocycles. The number of esters is 1. The molecule has 0 radical (unpaired) electrons. The highest BCUT2D eigenvalue weighted by Gasteiger charge is 2.19. The van der Waals surface area contributed by atoms with Crippen LogP contribution in [0.4, 0.5) is 0 Å². The van der Waals surface area contributed by atoms with Gasteiger partial charge < -0.3 is 9.47 Å².